The van der Waals surface area contributed by atoms with Crippen molar-refractivity contribution < 1.29 is 5.11 Å². The van der Waals surface area contributed by atoms with Gasteiger partial charge in [0.1, 0.15) is 0 Å². The number of aliphatic hydroxyl groups is 1. The Balaban J connectivity index is 2.30. The molecule has 2 rings (SSSR count). The molecular formula is C13H17N3O. The van der Waals surface area contributed by atoms with E-state index in [9.17, 15) is 0 Å². The summed E-state index contributed by atoms with van der Waals surface area (Å²) in [4.78, 5) is 4.12. The minimum absolute atomic E-state index is 0.0466. The van der Waals surface area contributed by atoms with Crippen LogP contribution in [-0.4, -0.2) is 21.3 Å². The van der Waals surface area contributed by atoms with Gasteiger partial charge in [0.15, 0.2) is 0 Å². The first kappa shape index (κ1) is 11.8. The summed E-state index contributed by atoms with van der Waals surface area (Å²) < 4.78 is 1.98. The maximum absolute atomic E-state index is 8.86. The minimum Gasteiger partial charge on any atom is -0.396 e. The number of nitrogens with two attached hydrogens (primary N) is 1. The first-order valence-corrected chi connectivity index (χ1v) is 5.70. The molecule has 4 heteroatoms. The van der Waals surface area contributed by atoms with Gasteiger partial charge in [0.25, 0.3) is 0 Å². The molecule has 17 heavy (non-hydrogen) atoms. The highest BCUT2D eigenvalue weighted by Gasteiger charge is 2.07. The molecule has 1 heterocycles. The average Bonchev–Trinajstić information content (AvgIpc) is 2.79. The zero-order chi connectivity index (χ0) is 12.3. The van der Waals surface area contributed by atoms with E-state index in [1.165, 1.54) is 0 Å². The first-order valence-electron chi connectivity index (χ1n) is 5.70. The van der Waals surface area contributed by atoms with Crippen molar-refractivity contribution in [2.75, 3.05) is 6.61 Å². The third-order valence-electron chi connectivity index (χ3n) is 2.75. The van der Waals surface area contributed by atoms with Gasteiger partial charge >= 0.3 is 0 Å². The molecule has 2 aromatic rings. The van der Waals surface area contributed by atoms with Crippen LogP contribution in [0.3, 0.4) is 0 Å². The van der Waals surface area contributed by atoms with Crippen molar-refractivity contribution in [2.45, 2.75) is 19.4 Å². The first-order chi connectivity index (χ1) is 8.22. The van der Waals surface area contributed by atoms with Gasteiger partial charge in [0.2, 0.25) is 0 Å². The number of hydrogen-bond donors (Lipinski definition) is 2. The van der Waals surface area contributed by atoms with Crippen LogP contribution in [0.25, 0.3) is 5.69 Å². The van der Waals surface area contributed by atoms with E-state index >= 15 is 0 Å². The molecule has 1 unspecified atom stereocenters. The largest absolute Gasteiger partial charge is 0.396 e. The van der Waals surface area contributed by atoms with E-state index in [0.29, 0.717) is 6.42 Å². The topological polar surface area (TPSA) is 64.1 Å². The summed E-state index contributed by atoms with van der Waals surface area (Å²) in [5, 5.41) is 8.86. The maximum Gasteiger partial charge on any atom is 0.0994 e. The molecule has 0 aliphatic rings. The van der Waals surface area contributed by atoms with Crippen molar-refractivity contribution in [1.82, 2.24) is 9.55 Å². The van der Waals surface area contributed by atoms with E-state index in [1.807, 2.05) is 35.8 Å². The molecule has 0 fully saturated rings. The fourth-order valence-electron chi connectivity index (χ4n) is 1.81. The van der Waals surface area contributed by atoms with Gasteiger partial charge in [-0.05, 0) is 31.0 Å². The zero-order valence-electron chi connectivity index (χ0n) is 9.87. The summed E-state index contributed by atoms with van der Waals surface area (Å²) in [5.74, 6) is 0. The highest BCUT2D eigenvalue weighted by atomic mass is 16.2. The SMILES string of the molecule is CC(N)c1cncn1-c1ccc(CCO)cc1. The third-order valence-corrected chi connectivity index (χ3v) is 2.75. The highest BCUT2D eigenvalue weighted by molar-refractivity contribution is 5.36. The summed E-state index contributed by atoms with van der Waals surface area (Å²) >= 11 is 0. The molecule has 0 aliphatic heterocycles. The Hall–Kier alpha value is -1.65. The fourth-order valence-corrected chi connectivity index (χ4v) is 1.81. The maximum atomic E-state index is 8.86. The van der Waals surface area contributed by atoms with Gasteiger partial charge in [0.05, 0.1) is 18.2 Å². The molecule has 1 atom stereocenters. The Labute approximate surface area is 101 Å². The molecule has 3 N–H and O–H groups in total. The predicted molar refractivity (Wildman–Crippen MR) is 67.0 cm³/mol. The summed E-state index contributed by atoms with van der Waals surface area (Å²) in [6, 6.07) is 8.00. The molecule has 0 amide bonds. The molecule has 0 spiro atoms. The van der Waals surface area contributed by atoms with Gasteiger partial charge in [0, 0.05) is 18.3 Å². The number of benzene rings is 1. The fraction of sp³-hybridized carbons (Fsp3) is 0.308. The molecule has 1 aromatic carbocycles. The van der Waals surface area contributed by atoms with Crippen LogP contribution in [-0.2, 0) is 6.42 Å². The van der Waals surface area contributed by atoms with E-state index < -0.39 is 0 Å². The van der Waals surface area contributed by atoms with Gasteiger partial charge in [-0.2, -0.15) is 0 Å². The second-order valence-electron chi connectivity index (χ2n) is 4.12. The van der Waals surface area contributed by atoms with E-state index in [-0.39, 0.29) is 12.6 Å². The third kappa shape index (κ3) is 2.54. The van der Waals surface area contributed by atoms with Gasteiger partial charge in [-0.1, -0.05) is 12.1 Å². The van der Waals surface area contributed by atoms with Crippen molar-refractivity contribution >= 4 is 0 Å². The second-order valence-corrected chi connectivity index (χ2v) is 4.12. The smallest absolute Gasteiger partial charge is 0.0994 e. The summed E-state index contributed by atoms with van der Waals surface area (Å²) in [7, 11) is 0. The van der Waals surface area contributed by atoms with Gasteiger partial charge in [-0.25, -0.2) is 4.98 Å². The molecule has 0 radical (unpaired) electrons. The molecule has 90 valence electrons. The lowest BCUT2D eigenvalue weighted by molar-refractivity contribution is 0.299. The minimum atomic E-state index is -0.0466. The molecule has 4 nitrogen and oxygen atoms in total. The summed E-state index contributed by atoms with van der Waals surface area (Å²) in [6.07, 6.45) is 4.23. The molecule has 0 saturated heterocycles. The van der Waals surface area contributed by atoms with Gasteiger partial charge in [-0.15, -0.1) is 0 Å². The van der Waals surface area contributed by atoms with Gasteiger partial charge < -0.3 is 15.4 Å². The molecule has 1 aromatic heterocycles. The highest BCUT2D eigenvalue weighted by Crippen LogP contribution is 2.16. The lowest BCUT2D eigenvalue weighted by Gasteiger charge is -2.11. The average molecular weight is 231 g/mol. The van der Waals surface area contributed by atoms with Crippen LogP contribution in [0.5, 0.6) is 0 Å². The Bertz CT molecular complexity index is 474. The monoisotopic (exact) mass is 231 g/mol. The van der Waals surface area contributed by atoms with E-state index in [4.69, 9.17) is 10.8 Å². The molecule has 0 aliphatic carbocycles. The van der Waals surface area contributed by atoms with Crippen LogP contribution >= 0.6 is 0 Å². The Kier molecular flexibility index (Phi) is 3.56. The van der Waals surface area contributed by atoms with Crippen molar-refractivity contribution in [1.29, 1.82) is 0 Å². The van der Waals surface area contributed by atoms with E-state index in [0.717, 1.165) is 16.9 Å². The quantitative estimate of drug-likeness (QED) is 0.836. The Morgan fingerprint density at radius 2 is 2.06 bits per heavy atom. The number of aromatic nitrogens is 2. The van der Waals surface area contributed by atoms with Crippen LogP contribution in [0, 0.1) is 0 Å². The van der Waals surface area contributed by atoms with Crippen LogP contribution in [0.2, 0.25) is 0 Å². The van der Waals surface area contributed by atoms with Crippen LogP contribution in [0.4, 0.5) is 0 Å². The number of hydrogen-bond acceptors (Lipinski definition) is 3. The Morgan fingerprint density at radius 3 is 2.65 bits per heavy atom. The standard InChI is InChI=1S/C13H17N3O/c1-10(14)13-8-15-9-16(13)12-4-2-11(3-5-12)6-7-17/h2-5,8-10,17H,6-7,14H2,1H3. The summed E-state index contributed by atoms with van der Waals surface area (Å²) in [5.41, 5.74) is 9.03. The normalized spacial score (nSPS) is 12.6. The number of imidazole rings is 1. The van der Waals surface area contributed by atoms with Crippen LogP contribution in [0.1, 0.15) is 24.2 Å². The van der Waals surface area contributed by atoms with E-state index in [1.54, 1.807) is 12.5 Å². The van der Waals surface area contributed by atoms with Crippen molar-refractivity contribution in [3.05, 3.63) is 48.0 Å². The lowest BCUT2D eigenvalue weighted by Crippen LogP contribution is -2.10. The van der Waals surface area contributed by atoms with Crippen molar-refractivity contribution in [3.8, 4) is 5.69 Å². The zero-order valence-corrected chi connectivity index (χ0v) is 9.87. The van der Waals surface area contributed by atoms with Gasteiger partial charge in [-0.3, -0.25) is 0 Å². The van der Waals surface area contributed by atoms with Crippen LogP contribution in [0.15, 0.2) is 36.8 Å². The number of rotatable bonds is 4. The van der Waals surface area contributed by atoms with Crippen molar-refractivity contribution in [2.24, 2.45) is 5.73 Å². The number of aliphatic hydroxyl groups excluding tert-OH is 1. The molecule has 0 saturated carbocycles. The van der Waals surface area contributed by atoms with E-state index in [2.05, 4.69) is 4.98 Å². The molecule has 0 bridgehead atoms. The summed E-state index contributed by atoms with van der Waals surface area (Å²) in [6.45, 7) is 2.11. The number of nitrogens with zero attached hydrogens (tertiary/aromatic N) is 2. The second kappa shape index (κ2) is 5.12. The predicted octanol–water partition coefficient (Wildman–Crippen LogP) is 1.43. The lowest BCUT2D eigenvalue weighted by atomic mass is 10.1. The Morgan fingerprint density at radius 1 is 1.35 bits per heavy atom. The molecular weight excluding hydrogens is 214 g/mol. The van der Waals surface area contributed by atoms with Crippen molar-refractivity contribution in [3.63, 3.8) is 0 Å². The van der Waals surface area contributed by atoms with Crippen LogP contribution < -0.4 is 5.73 Å².